The van der Waals surface area contributed by atoms with Gasteiger partial charge in [0.1, 0.15) is 50.9 Å². The lowest BCUT2D eigenvalue weighted by Crippen LogP contribution is -3.20. The number of ether oxygens (including phenoxy) is 1. The van der Waals surface area contributed by atoms with E-state index in [1.807, 2.05) is 36.5 Å². The quantitative estimate of drug-likeness (QED) is 0.529. The number of hydrogen-bond acceptors (Lipinski definition) is 1. The van der Waals surface area contributed by atoms with Crippen LogP contribution in [0.15, 0.2) is 66.9 Å². The summed E-state index contributed by atoms with van der Waals surface area (Å²) >= 11 is 0. The summed E-state index contributed by atoms with van der Waals surface area (Å²) in [4.78, 5) is 2.84. The van der Waals surface area contributed by atoms with Crippen molar-refractivity contribution in [2.45, 2.75) is 19.6 Å². The lowest BCUT2D eigenvalue weighted by atomic mass is 10.2. The molecule has 0 aliphatic carbocycles. The molecule has 4 rings (SSSR count). The van der Waals surface area contributed by atoms with Gasteiger partial charge in [0, 0.05) is 17.3 Å². The van der Waals surface area contributed by atoms with Crippen LogP contribution in [-0.2, 0) is 24.4 Å². The Morgan fingerprint density at radius 1 is 0.839 bits per heavy atom. The second kappa shape index (κ2) is 10.7. The minimum atomic E-state index is -0.186. The molecule has 1 fully saturated rings. The normalized spacial score (nSPS) is 15.8. The highest BCUT2D eigenvalue weighted by molar-refractivity contribution is 5.19. The maximum atomic E-state index is 14.4. The summed E-state index contributed by atoms with van der Waals surface area (Å²) in [6.07, 6.45) is 2.00. The first-order valence-electron chi connectivity index (χ1n) is 11.0. The highest BCUT2D eigenvalue weighted by Crippen LogP contribution is 2.11. The topological polar surface area (TPSA) is 23.0 Å². The van der Waals surface area contributed by atoms with Gasteiger partial charge in [-0.1, -0.05) is 36.4 Å². The summed E-state index contributed by atoms with van der Waals surface area (Å²) in [5, 5.41) is 0. The van der Waals surface area contributed by atoms with Crippen molar-refractivity contribution < 1.29 is 23.3 Å². The van der Waals surface area contributed by atoms with Crippen LogP contribution in [-0.4, -0.2) is 44.0 Å². The summed E-state index contributed by atoms with van der Waals surface area (Å²) in [7, 11) is 0. The number of morpholine rings is 1. The van der Waals surface area contributed by atoms with Crippen molar-refractivity contribution in [2.75, 3.05) is 39.4 Å². The number of benzene rings is 2. The summed E-state index contributed by atoms with van der Waals surface area (Å²) in [5.41, 5.74) is 2.54. The first-order chi connectivity index (χ1) is 15.2. The van der Waals surface area contributed by atoms with Crippen LogP contribution >= 0.6 is 0 Å². The van der Waals surface area contributed by atoms with Crippen LogP contribution in [0.1, 0.15) is 16.8 Å². The van der Waals surface area contributed by atoms with E-state index in [2.05, 4.69) is 10.6 Å². The number of nitrogens with one attached hydrogen (secondary N) is 2. The molecule has 1 aliphatic heterocycles. The minimum Gasteiger partial charge on any atom is -0.370 e. The van der Waals surface area contributed by atoms with Gasteiger partial charge < -0.3 is 19.1 Å². The van der Waals surface area contributed by atoms with Crippen LogP contribution in [0.3, 0.4) is 0 Å². The molecule has 164 valence electrons. The van der Waals surface area contributed by atoms with Gasteiger partial charge in [-0.3, -0.25) is 0 Å². The Bertz CT molecular complexity index is 969. The predicted molar refractivity (Wildman–Crippen MR) is 116 cm³/mol. The smallest absolute Gasteiger partial charge is 0.132 e. The lowest BCUT2D eigenvalue weighted by Gasteiger charge is -2.26. The molecule has 2 N–H and O–H groups in total. The maximum Gasteiger partial charge on any atom is 0.132 e. The van der Waals surface area contributed by atoms with E-state index in [1.54, 1.807) is 17.0 Å². The van der Waals surface area contributed by atoms with Crippen molar-refractivity contribution in [3.05, 3.63) is 95.3 Å². The summed E-state index contributed by atoms with van der Waals surface area (Å²) in [5.74, 6) is -0.339. The largest absolute Gasteiger partial charge is 0.370 e. The lowest BCUT2D eigenvalue weighted by molar-refractivity contribution is -0.975. The van der Waals surface area contributed by atoms with Gasteiger partial charge in [-0.05, 0) is 24.3 Å². The fraction of sp³-hybridized carbons (Fsp3) is 0.360. The standard InChI is InChI=1S/C25H29F2N3O/c26-24-9-3-1-6-21(24)18-29(13-12-28-14-16-31-17-15-28)20-23-8-5-11-30(23)19-22-7-2-4-10-25(22)27/h1-11H,12-20H2/p+2. The highest BCUT2D eigenvalue weighted by atomic mass is 19.1. The molecular formula is C25H31F2N3O+2. The summed E-state index contributed by atoms with van der Waals surface area (Å²) in [6, 6.07) is 18.0. The minimum absolute atomic E-state index is 0.152. The molecule has 0 saturated carbocycles. The predicted octanol–water partition coefficient (Wildman–Crippen LogP) is 1.31. The van der Waals surface area contributed by atoms with E-state index >= 15 is 0 Å². The third-order valence-corrected chi connectivity index (χ3v) is 6.08. The molecule has 1 aromatic heterocycles. The first-order valence-corrected chi connectivity index (χ1v) is 11.0. The number of rotatable bonds is 9. The van der Waals surface area contributed by atoms with E-state index in [0.717, 1.165) is 57.2 Å². The molecule has 31 heavy (non-hydrogen) atoms. The van der Waals surface area contributed by atoms with Crippen molar-refractivity contribution in [1.82, 2.24) is 4.57 Å². The Kier molecular flexibility index (Phi) is 7.46. The molecule has 4 nitrogen and oxygen atoms in total. The zero-order valence-electron chi connectivity index (χ0n) is 17.8. The van der Waals surface area contributed by atoms with E-state index < -0.39 is 0 Å². The monoisotopic (exact) mass is 427 g/mol. The summed E-state index contributed by atoms with van der Waals surface area (Å²) in [6.45, 7) is 7.52. The van der Waals surface area contributed by atoms with Crippen molar-refractivity contribution in [3.63, 3.8) is 0 Å². The van der Waals surface area contributed by atoms with E-state index in [1.165, 1.54) is 17.0 Å². The van der Waals surface area contributed by atoms with Crippen LogP contribution in [0, 0.1) is 11.6 Å². The molecule has 2 aromatic carbocycles. The average molecular weight is 428 g/mol. The fourth-order valence-electron chi connectivity index (χ4n) is 4.24. The van der Waals surface area contributed by atoms with Gasteiger partial charge >= 0.3 is 0 Å². The molecule has 0 spiro atoms. The van der Waals surface area contributed by atoms with Crippen molar-refractivity contribution >= 4 is 0 Å². The number of halogens is 2. The maximum absolute atomic E-state index is 14.4. The Hall–Kier alpha value is -2.54. The third kappa shape index (κ3) is 6.00. The van der Waals surface area contributed by atoms with Gasteiger partial charge in [0.15, 0.2) is 0 Å². The molecular weight excluding hydrogens is 396 g/mol. The van der Waals surface area contributed by atoms with Crippen LogP contribution < -0.4 is 9.80 Å². The number of nitrogens with zero attached hydrogens (tertiary/aromatic N) is 1. The second-order valence-corrected chi connectivity index (χ2v) is 8.28. The van der Waals surface area contributed by atoms with Crippen LogP contribution in [0.5, 0.6) is 0 Å². The van der Waals surface area contributed by atoms with E-state index in [-0.39, 0.29) is 11.6 Å². The second-order valence-electron chi connectivity index (χ2n) is 8.28. The van der Waals surface area contributed by atoms with Gasteiger partial charge in [0.25, 0.3) is 0 Å². The Balaban J connectivity index is 1.48. The number of aromatic nitrogens is 1. The number of hydrogen-bond donors (Lipinski definition) is 2. The highest BCUT2D eigenvalue weighted by Gasteiger charge is 2.20. The Morgan fingerprint density at radius 2 is 1.52 bits per heavy atom. The molecule has 0 amide bonds. The zero-order valence-corrected chi connectivity index (χ0v) is 17.8. The first kappa shape index (κ1) is 21.7. The molecule has 3 aromatic rings. The van der Waals surface area contributed by atoms with Gasteiger partial charge in [0.2, 0.25) is 0 Å². The van der Waals surface area contributed by atoms with Gasteiger partial charge in [0.05, 0.1) is 25.5 Å². The van der Waals surface area contributed by atoms with Crippen LogP contribution in [0.4, 0.5) is 8.78 Å². The molecule has 1 saturated heterocycles. The molecule has 6 heteroatoms. The molecule has 1 atom stereocenters. The van der Waals surface area contributed by atoms with Crippen LogP contribution in [0.2, 0.25) is 0 Å². The fourth-order valence-corrected chi connectivity index (χ4v) is 4.24. The van der Waals surface area contributed by atoms with Crippen molar-refractivity contribution in [1.29, 1.82) is 0 Å². The molecule has 1 unspecified atom stereocenters. The molecule has 2 heterocycles. The van der Waals surface area contributed by atoms with E-state index in [4.69, 9.17) is 4.74 Å². The van der Waals surface area contributed by atoms with E-state index in [0.29, 0.717) is 18.7 Å². The SMILES string of the molecule is Fc1ccccc1Cn1cccc1C[NH+](CC[NH+]1CCOCC1)Cc1ccccc1F. The van der Waals surface area contributed by atoms with Gasteiger partial charge in [-0.2, -0.15) is 0 Å². The Labute approximate surface area is 182 Å². The molecule has 0 bridgehead atoms. The van der Waals surface area contributed by atoms with Crippen molar-refractivity contribution in [2.24, 2.45) is 0 Å². The van der Waals surface area contributed by atoms with E-state index in [9.17, 15) is 8.78 Å². The van der Waals surface area contributed by atoms with Gasteiger partial charge in [-0.25, -0.2) is 8.78 Å². The van der Waals surface area contributed by atoms with Crippen molar-refractivity contribution in [3.8, 4) is 0 Å². The molecule has 1 aliphatic rings. The molecule has 0 radical (unpaired) electrons. The summed E-state index contributed by atoms with van der Waals surface area (Å²) < 4.78 is 36.1. The number of quaternary nitrogens is 2. The Morgan fingerprint density at radius 3 is 2.23 bits per heavy atom. The zero-order chi connectivity index (χ0) is 21.5. The van der Waals surface area contributed by atoms with Crippen LogP contribution in [0.25, 0.3) is 0 Å². The average Bonchev–Trinajstić information content (AvgIpc) is 3.22. The van der Waals surface area contributed by atoms with Gasteiger partial charge in [-0.15, -0.1) is 0 Å². The third-order valence-electron chi connectivity index (χ3n) is 6.08.